The predicted molar refractivity (Wildman–Crippen MR) is 122 cm³/mol. The molecule has 0 bridgehead atoms. The van der Waals surface area contributed by atoms with E-state index >= 15 is 0 Å². The van der Waals surface area contributed by atoms with Gasteiger partial charge in [0.05, 0.1) is 0 Å². The zero-order valence-corrected chi connectivity index (χ0v) is 17.8. The maximum Gasteiger partial charge on any atom is 0.123 e. The van der Waals surface area contributed by atoms with Gasteiger partial charge in [-0.25, -0.2) is 8.78 Å². The Bertz CT molecular complexity index is 918. The summed E-state index contributed by atoms with van der Waals surface area (Å²) in [5.41, 5.74) is 3.55. The Balaban J connectivity index is 1.37. The van der Waals surface area contributed by atoms with E-state index in [2.05, 4.69) is 40.5 Å². The number of piperidine rings is 1. The van der Waals surface area contributed by atoms with Crippen LogP contribution in [0.4, 0.5) is 8.78 Å². The van der Waals surface area contributed by atoms with E-state index in [-0.39, 0.29) is 17.7 Å². The van der Waals surface area contributed by atoms with Crippen molar-refractivity contribution in [1.82, 2.24) is 10.2 Å². The molecule has 0 radical (unpaired) electrons. The molecule has 1 N–H and O–H groups in total. The molecule has 0 aromatic heterocycles. The number of nitrogens with one attached hydrogen (secondary N) is 1. The lowest BCUT2D eigenvalue weighted by molar-refractivity contribution is 0.159. The molecule has 0 saturated carbocycles. The number of nitrogens with zero attached hydrogens (tertiary/aromatic N) is 1. The highest BCUT2D eigenvalue weighted by molar-refractivity contribution is 5.22. The van der Waals surface area contributed by atoms with Crippen molar-refractivity contribution in [2.45, 2.75) is 31.8 Å². The minimum absolute atomic E-state index is 0.155. The SMILES string of the molecule is Fc1ccc(CNC(c2ccc(F)cc2)C2CCN(CCc3ccccc3)CC2)cc1. The van der Waals surface area contributed by atoms with Gasteiger partial charge in [-0.05, 0) is 79.2 Å². The highest BCUT2D eigenvalue weighted by Crippen LogP contribution is 2.31. The second-order valence-electron chi connectivity index (χ2n) is 8.45. The molecule has 0 spiro atoms. The summed E-state index contributed by atoms with van der Waals surface area (Å²) in [7, 11) is 0. The topological polar surface area (TPSA) is 15.3 Å². The molecule has 162 valence electrons. The molecule has 1 atom stereocenters. The van der Waals surface area contributed by atoms with Crippen LogP contribution in [0.15, 0.2) is 78.9 Å². The molecule has 1 unspecified atom stereocenters. The number of hydrogen-bond donors (Lipinski definition) is 1. The zero-order valence-electron chi connectivity index (χ0n) is 17.8. The third-order valence-electron chi connectivity index (χ3n) is 6.33. The molecule has 0 amide bonds. The first kappa shape index (κ1) is 21.7. The molecule has 1 heterocycles. The summed E-state index contributed by atoms with van der Waals surface area (Å²) in [6.07, 6.45) is 3.29. The Hall–Kier alpha value is -2.56. The first-order chi connectivity index (χ1) is 15.2. The lowest BCUT2D eigenvalue weighted by Crippen LogP contribution is -2.39. The Labute approximate surface area is 183 Å². The van der Waals surface area contributed by atoms with Crippen LogP contribution < -0.4 is 5.32 Å². The Morgan fingerprint density at radius 3 is 2.03 bits per heavy atom. The minimum atomic E-state index is -0.221. The van der Waals surface area contributed by atoms with E-state index in [1.165, 1.54) is 29.8 Å². The van der Waals surface area contributed by atoms with E-state index in [4.69, 9.17) is 0 Å². The van der Waals surface area contributed by atoms with Crippen LogP contribution in [0, 0.1) is 17.6 Å². The summed E-state index contributed by atoms with van der Waals surface area (Å²) >= 11 is 0. The van der Waals surface area contributed by atoms with Crippen LogP contribution in [0.1, 0.15) is 35.6 Å². The molecule has 0 aliphatic carbocycles. The van der Waals surface area contributed by atoms with Crippen LogP contribution in [0.5, 0.6) is 0 Å². The van der Waals surface area contributed by atoms with Crippen molar-refractivity contribution in [2.75, 3.05) is 19.6 Å². The molecular weight excluding hydrogens is 390 g/mol. The van der Waals surface area contributed by atoms with Crippen LogP contribution in [0.25, 0.3) is 0 Å². The molecule has 31 heavy (non-hydrogen) atoms. The second-order valence-corrected chi connectivity index (χ2v) is 8.45. The molecule has 2 nitrogen and oxygen atoms in total. The van der Waals surface area contributed by atoms with Crippen LogP contribution in [0.2, 0.25) is 0 Å². The molecule has 3 aromatic carbocycles. The first-order valence-electron chi connectivity index (χ1n) is 11.2. The van der Waals surface area contributed by atoms with E-state index in [1.54, 1.807) is 0 Å². The van der Waals surface area contributed by atoms with Crippen molar-refractivity contribution in [3.63, 3.8) is 0 Å². The number of halogens is 2. The van der Waals surface area contributed by atoms with E-state index < -0.39 is 0 Å². The third kappa shape index (κ3) is 6.22. The van der Waals surface area contributed by atoms with Gasteiger partial charge in [0.2, 0.25) is 0 Å². The molecule has 1 fully saturated rings. The van der Waals surface area contributed by atoms with Crippen LogP contribution in [-0.2, 0) is 13.0 Å². The molecule has 1 aliphatic heterocycles. The van der Waals surface area contributed by atoms with Gasteiger partial charge in [0, 0.05) is 19.1 Å². The molecule has 4 rings (SSSR count). The summed E-state index contributed by atoms with van der Waals surface area (Å²) < 4.78 is 26.7. The summed E-state index contributed by atoms with van der Waals surface area (Å²) in [5.74, 6) is 0.0531. The van der Waals surface area contributed by atoms with Crippen LogP contribution >= 0.6 is 0 Å². The van der Waals surface area contributed by atoms with Gasteiger partial charge in [0.15, 0.2) is 0 Å². The first-order valence-corrected chi connectivity index (χ1v) is 11.2. The fourth-order valence-electron chi connectivity index (χ4n) is 4.50. The van der Waals surface area contributed by atoms with Crippen molar-refractivity contribution < 1.29 is 8.78 Å². The number of likely N-dealkylation sites (tertiary alicyclic amines) is 1. The summed E-state index contributed by atoms with van der Waals surface area (Å²) in [6.45, 7) is 3.90. The van der Waals surface area contributed by atoms with E-state index in [0.29, 0.717) is 12.5 Å². The van der Waals surface area contributed by atoms with Crippen LogP contribution in [-0.4, -0.2) is 24.5 Å². The lowest BCUT2D eigenvalue weighted by Gasteiger charge is -2.37. The number of rotatable bonds is 8. The van der Waals surface area contributed by atoms with Crippen molar-refractivity contribution >= 4 is 0 Å². The van der Waals surface area contributed by atoms with E-state index in [0.717, 1.165) is 50.0 Å². The summed E-state index contributed by atoms with van der Waals surface area (Å²) in [5, 5.41) is 3.67. The van der Waals surface area contributed by atoms with Gasteiger partial charge in [-0.2, -0.15) is 0 Å². The second kappa shape index (κ2) is 10.7. The normalized spacial score (nSPS) is 16.3. The predicted octanol–water partition coefficient (Wildman–Crippen LogP) is 5.75. The fourth-order valence-corrected chi connectivity index (χ4v) is 4.50. The number of benzene rings is 3. The van der Waals surface area contributed by atoms with E-state index in [9.17, 15) is 8.78 Å². The lowest BCUT2D eigenvalue weighted by atomic mass is 9.85. The molecule has 3 aromatic rings. The maximum absolute atomic E-state index is 13.5. The third-order valence-corrected chi connectivity index (χ3v) is 6.33. The van der Waals surface area contributed by atoms with Gasteiger partial charge in [0.25, 0.3) is 0 Å². The standard InChI is InChI=1S/C27H30F2N2/c28-25-10-6-22(7-11-25)20-30-27(23-8-12-26(29)13-9-23)24-15-18-31(19-16-24)17-14-21-4-2-1-3-5-21/h1-13,24,27,30H,14-20H2. The van der Waals surface area contributed by atoms with Gasteiger partial charge < -0.3 is 10.2 Å². The van der Waals surface area contributed by atoms with Crippen molar-refractivity contribution in [1.29, 1.82) is 0 Å². The molecular formula is C27H30F2N2. The zero-order chi connectivity index (χ0) is 21.5. The quantitative estimate of drug-likeness (QED) is 0.499. The van der Waals surface area contributed by atoms with Gasteiger partial charge in [0.1, 0.15) is 11.6 Å². The molecule has 1 saturated heterocycles. The van der Waals surface area contributed by atoms with Crippen molar-refractivity contribution in [3.8, 4) is 0 Å². The summed E-state index contributed by atoms with van der Waals surface area (Å²) in [6, 6.07) is 24.3. The Kier molecular flexibility index (Phi) is 7.44. The Morgan fingerprint density at radius 2 is 1.39 bits per heavy atom. The van der Waals surface area contributed by atoms with Gasteiger partial charge in [-0.1, -0.05) is 54.6 Å². The maximum atomic E-state index is 13.5. The van der Waals surface area contributed by atoms with Crippen molar-refractivity contribution in [2.24, 2.45) is 5.92 Å². The van der Waals surface area contributed by atoms with Crippen LogP contribution in [0.3, 0.4) is 0 Å². The smallest absolute Gasteiger partial charge is 0.123 e. The average molecular weight is 421 g/mol. The molecule has 1 aliphatic rings. The monoisotopic (exact) mass is 420 g/mol. The minimum Gasteiger partial charge on any atom is -0.306 e. The largest absolute Gasteiger partial charge is 0.306 e. The highest BCUT2D eigenvalue weighted by atomic mass is 19.1. The van der Waals surface area contributed by atoms with E-state index in [1.807, 2.05) is 24.3 Å². The molecule has 4 heteroatoms. The Morgan fingerprint density at radius 1 is 0.774 bits per heavy atom. The average Bonchev–Trinajstić information content (AvgIpc) is 2.81. The highest BCUT2D eigenvalue weighted by Gasteiger charge is 2.27. The van der Waals surface area contributed by atoms with Gasteiger partial charge >= 0.3 is 0 Å². The summed E-state index contributed by atoms with van der Waals surface area (Å²) in [4.78, 5) is 2.55. The fraction of sp³-hybridized carbons (Fsp3) is 0.333. The van der Waals surface area contributed by atoms with Crippen molar-refractivity contribution in [3.05, 3.63) is 107 Å². The van der Waals surface area contributed by atoms with Gasteiger partial charge in [-0.15, -0.1) is 0 Å². The number of hydrogen-bond acceptors (Lipinski definition) is 2. The van der Waals surface area contributed by atoms with Gasteiger partial charge in [-0.3, -0.25) is 0 Å².